The van der Waals surface area contributed by atoms with Crippen molar-refractivity contribution >= 4 is 17.1 Å². The van der Waals surface area contributed by atoms with E-state index in [4.69, 9.17) is 5.21 Å². The number of nitrogens with one attached hydrogen (secondary N) is 1. The van der Waals surface area contributed by atoms with Crippen LogP contribution in [0.25, 0.3) is 0 Å². The average molecular weight is 191 g/mol. The van der Waals surface area contributed by atoms with Gasteiger partial charge in [0.2, 0.25) is 0 Å². The Balaban J connectivity index is 2.64. The maximum atomic E-state index is 8.48. The van der Waals surface area contributed by atoms with Crippen LogP contribution < -0.4 is 5.43 Å². The van der Waals surface area contributed by atoms with Gasteiger partial charge >= 0.3 is 0 Å². The number of hydrogen-bond donors (Lipinski definition) is 2. The van der Waals surface area contributed by atoms with E-state index in [0.717, 1.165) is 5.69 Å². The highest BCUT2D eigenvalue weighted by atomic mass is 16.4. The molecule has 0 aliphatic heterocycles. The Kier molecular flexibility index (Phi) is 3.67. The molecule has 0 heterocycles. The first-order valence-corrected chi connectivity index (χ1v) is 4.28. The quantitative estimate of drug-likeness (QED) is 0.437. The lowest BCUT2D eigenvalue weighted by Crippen LogP contribution is -2.07. The second-order valence-corrected chi connectivity index (χ2v) is 2.86. The van der Waals surface area contributed by atoms with Crippen molar-refractivity contribution in [2.45, 2.75) is 13.8 Å². The van der Waals surface area contributed by atoms with Gasteiger partial charge in [-0.25, -0.2) is 0 Å². The zero-order chi connectivity index (χ0) is 10.4. The van der Waals surface area contributed by atoms with Crippen molar-refractivity contribution in [1.82, 2.24) is 0 Å². The molecule has 1 aromatic rings. The number of para-hydroxylation sites is 1. The smallest absolute Gasteiger partial charge is 0.0993 e. The van der Waals surface area contributed by atoms with Crippen molar-refractivity contribution in [3.8, 4) is 0 Å². The number of benzene rings is 1. The average Bonchev–Trinajstić information content (AvgIpc) is 2.26. The molecule has 0 atom stereocenters. The topological polar surface area (TPSA) is 57.0 Å². The maximum absolute atomic E-state index is 8.48. The minimum atomic E-state index is 0.494. The molecule has 0 saturated carbocycles. The van der Waals surface area contributed by atoms with E-state index in [-0.39, 0.29) is 0 Å². The van der Waals surface area contributed by atoms with Gasteiger partial charge in [-0.1, -0.05) is 23.4 Å². The summed E-state index contributed by atoms with van der Waals surface area (Å²) in [5.74, 6) is 0. The van der Waals surface area contributed by atoms with Crippen molar-refractivity contribution in [2.24, 2.45) is 10.3 Å². The molecule has 14 heavy (non-hydrogen) atoms. The molecule has 0 bridgehead atoms. The fourth-order valence-corrected chi connectivity index (χ4v) is 0.814. The lowest BCUT2D eigenvalue weighted by molar-refractivity contribution is 0.320. The highest BCUT2D eigenvalue weighted by Gasteiger charge is 1.95. The highest BCUT2D eigenvalue weighted by Crippen LogP contribution is 2.04. The first-order chi connectivity index (χ1) is 6.74. The van der Waals surface area contributed by atoms with Gasteiger partial charge in [-0.15, -0.1) is 0 Å². The molecule has 1 rings (SSSR count). The second kappa shape index (κ2) is 5.01. The summed E-state index contributed by atoms with van der Waals surface area (Å²) in [6.45, 7) is 3.45. The van der Waals surface area contributed by atoms with Crippen LogP contribution in [0.4, 0.5) is 5.69 Å². The molecular formula is C10H13N3O. The van der Waals surface area contributed by atoms with Crippen LogP contribution in [0.2, 0.25) is 0 Å². The van der Waals surface area contributed by atoms with Crippen LogP contribution in [0.3, 0.4) is 0 Å². The fraction of sp³-hybridized carbons (Fsp3) is 0.200. The summed E-state index contributed by atoms with van der Waals surface area (Å²) in [7, 11) is 0. The first kappa shape index (κ1) is 10.2. The van der Waals surface area contributed by atoms with Crippen LogP contribution in [-0.4, -0.2) is 16.6 Å². The SMILES string of the molecule is CC(=NO)C(C)=NNc1ccccc1. The number of nitrogens with zero attached hydrogens (tertiary/aromatic N) is 2. The molecule has 0 aliphatic carbocycles. The summed E-state index contributed by atoms with van der Waals surface area (Å²) in [6, 6.07) is 9.58. The summed E-state index contributed by atoms with van der Waals surface area (Å²) < 4.78 is 0. The van der Waals surface area contributed by atoms with E-state index >= 15 is 0 Å². The number of rotatable bonds is 3. The normalized spacial score (nSPS) is 12.7. The second-order valence-electron chi connectivity index (χ2n) is 2.86. The monoisotopic (exact) mass is 191 g/mol. The molecule has 4 heteroatoms. The van der Waals surface area contributed by atoms with Crippen molar-refractivity contribution in [1.29, 1.82) is 0 Å². The van der Waals surface area contributed by atoms with Gasteiger partial charge in [0.05, 0.1) is 17.1 Å². The molecule has 0 spiro atoms. The molecular weight excluding hydrogens is 178 g/mol. The molecule has 0 aliphatic rings. The number of anilines is 1. The summed E-state index contributed by atoms with van der Waals surface area (Å²) in [4.78, 5) is 0. The van der Waals surface area contributed by atoms with Crippen LogP contribution in [0.1, 0.15) is 13.8 Å². The minimum Gasteiger partial charge on any atom is -0.411 e. The Morgan fingerprint density at radius 3 is 2.36 bits per heavy atom. The van der Waals surface area contributed by atoms with Gasteiger partial charge < -0.3 is 5.21 Å². The van der Waals surface area contributed by atoms with E-state index in [1.54, 1.807) is 13.8 Å². The third kappa shape index (κ3) is 2.90. The van der Waals surface area contributed by atoms with Crippen LogP contribution in [0.15, 0.2) is 40.6 Å². The van der Waals surface area contributed by atoms with Crippen molar-refractivity contribution in [3.05, 3.63) is 30.3 Å². The van der Waals surface area contributed by atoms with Crippen LogP contribution in [-0.2, 0) is 0 Å². The molecule has 0 aromatic heterocycles. The summed E-state index contributed by atoms with van der Waals surface area (Å²) in [5.41, 5.74) is 4.90. The van der Waals surface area contributed by atoms with Gasteiger partial charge in [-0.05, 0) is 26.0 Å². The highest BCUT2D eigenvalue weighted by molar-refractivity contribution is 6.40. The molecule has 0 radical (unpaired) electrons. The van der Waals surface area contributed by atoms with Crippen molar-refractivity contribution in [3.63, 3.8) is 0 Å². The van der Waals surface area contributed by atoms with Gasteiger partial charge in [-0.2, -0.15) is 5.10 Å². The van der Waals surface area contributed by atoms with Crippen LogP contribution in [0, 0.1) is 0 Å². The molecule has 4 nitrogen and oxygen atoms in total. The van der Waals surface area contributed by atoms with Gasteiger partial charge in [-0.3, -0.25) is 5.43 Å². The van der Waals surface area contributed by atoms with Crippen molar-refractivity contribution < 1.29 is 5.21 Å². The zero-order valence-corrected chi connectivity index (χ0v) is 8.23. The fourth-order valence-electron chi connectivity index (χ4n) is 0.814. The predicted molar refractivity (Wildman–Crippen MR) is 58.1 cm³/mol. The Morgan fingerprint density at radius 1 is 1.14 bits per heavy atom. The first-order valence-electron chi connectivity index (χ1n) is 4.28. The number of oxime groups is 1. The Bertz CT molecular complexity index is 344. The Hall–Kier alpha value is -1.84. The molecule has 0 unspecified atom stereocenters. The van der Waals surface area contributed by atoms with Crippen LogP contribution >= 0.6 is 0 Å². The van der Waals surface area contributed by atoms with E-state index in [2.05, 4.69) is 15.7 Å². The van der Waals surface area contributed by atoms with Crippen molar-refractivity contribution in [2.75, 3.05) is 5.43 Å². The van der Waals surface area contributed by atoms with Crippen LogP contribution in [0.5, 0.6) is 0 Å². The molecule has 1 aromatic carbocycles. The van der Waals surface area contributed by atoms with E-state index in [1.807, 2.05) is 30.3 Å². The Labute approximate surface area is 83.0 Å². The lowest BCUT2D eigenvalue weighted by atomic mass is 10.3. The molecule has 0 amide bonds. The molecule has 0 saturated heterocycles. The lowest BCUT2D eigenvalue weighted by Gasteiger charge is -2.01. The van der Waals surface area contributed by atoms with Gasteiger partial charge in [0.1, 0.15) is 0 Å². The standard InChI is InChI=1S/C10H13N3O/c1-8(9(2)13-14)11-12-10-6-4-3-5-7-10/h3-7,12,14H,1-2H3. The zero-order valence-electron chi connectivity index (χ0n) is 8.23. The maximum Gasteiger partial charge on any atom is 0.0993 e. The number of hydrogen-bond acceptors (Lipinski definition) is 4. The van der Waals surface area contributed by atoms with E-state index in [9.17, 15) is 0 Å². The third-order valence-electron chi connectivity index (χ3n) is 1.80. The van der Waals surface area contributed by atoms with E-state index < -0.39 is 0 Å². The number of hydrazone groups is 1. The molecule has 0 fully saturated rings. The predicted octanol–water partition coefficient (Wildman–Crippen LogP) is 2.32. The summed E-state index contributed by atoms with van der Waals surface area (Å²) >= 11 is 0. The third-order valence-corrected chi connectivity index (χ3v) is 1.80. The minimum absolute atomic E-state index is 0.494. The van der Waals surface area contributed by atoms with Gasteiger partial charge in [0.25, 0.3) is 0 Å². The summed E-state index contributed by atoms with van der Waals surface area (Å²) in [6.07, 6.45) is 0. The van der Waals surface area contributed by atoms with Gasteiger partial charge in [0.15, 0.2) is 0 Å². The molecule has 2 N–H and O–H groups in total. The van der Waals surface area contributed by atoms with Gasteiger partial charge in [0, 0.05) is 0 Å². The van der Waals surface area contributed by atoms with E-state index in [0.29, 0.717) is 11.4 Å². The summed E-state index contributed by atoms with van der Waals surface area (Å²) in [5, 5.41) is 15.6. The Morgan fingerprint density at radius 2 is 1.79 bits per heavy atom. The van der Waals surface area contributed by atoms with E-state index in [1.165, 1.54) is 0 Å². The largest absolute Gasteiger partial charge is 0.411 e. The molecule has 74 valence electrons.